The molecule has 0 amide bonds. The van der Waals surface area contributed by atoms with Crippen molar-refractivity contribution in [3.05, 3.63) is 82.4 Å². The van der Waals surface area contributed by atoms with E-state index in [1.165, 1.54) is 0 Å². The van der Waals surface area contributed by atoms with Crippen molar-refractivity contribution < 1.29 is 9.53 Å². The van der Waals surface area contributed by atoms with Crippen LogP contribution >= 0.6 is 11.6 Å². The summed E-state index contributed by atoms with van der Waals surface area (Å²) in [5, 5.41) is 2.72. The average molecular weight is 307 g/mol. The van der Waals surface area contributed by atoms with Gasteiger partial charge in [0.05, 0.1) is 5.56 Å². The van der Waals surface area contributed by atoms with Crippen LogP contribution < -0.4 is 0 Å². The zero-order valence-corrected chi connectivity index (χ0v) is 12.3. The van der Waals surface area contributed by atoms with Gasteiger partial charge in [-0.3, -0.25) is 0 Å². The smallest absolute Gasteiger partial charge is 0.344 e. The van der Waals surface area contributed by atoms with Crippen LogP contribution in [0.1, 0.15) is 21.5 Å². The number of esters is 1. The number of fused-ring (bicyclic) bond motifs is 2. The lowest BCUT2D eigenvalue weighted by molar-refractivity contribution is 0.0717. The number of halogens is 1. The molecule has 2 nitrogen and oxygen atoms in total. The first-order chi connectivity index (χ1) is 10.7. The van der Waals surface area contributed by atoms with Crippen LogP contribution in [0, 0.1) is 0 Å². The lowest BCUT2D eigenvalue weighted by atomic mass is 10.0. The first kappa shape index (κ1) is 13.1. The van der Waals surface area contributed by atoms with Crippen molar-refractivity contribution >= 4 is 40.2 Å². The van der Waals surface area contributed by atoms with Crippen molar-refractivity contribution in [3.8, 4) is 0 Å². The van der Waals surface area contributed by atoms with E-state index in [0.29, 0.717) is 16.3 Å². The Kier molecular flexibility index (Phi) is 2.98. The molecule has 0 saturated heterocycles. The second-order valence-corrected chi connectivity index (χ2v) is 5.53. The molecule has 0 unspecified atom stereocenters. The SMILES string of the molecule is O=C1OC(=Cc2ccc(Cl)c3ccccc23)c2ccccc21. The van der Waals surface area contributed by atoms with Gasteiger partial charge in [-0.15, -0.1) is 0 Å². The van der Waals surface area contributed by atoms with Gasteiger partial charge in [0.25, 0.3) is 0 Å². The summed E-state index contributed by atoms with van der Waals surface area (Å²) in [5.41, 5.74) is 2.40. The molecule has 3 heteroatoms. The minimum Gasteiger partial charge on any atom is -0.422 e. The molecular formula is C19H11ClO2. The Morgan fingerprint density at radius 2 is 1.50 bits per heavy atom. The zero-order valence-electron chi connectivity index (χ0n) is 11.5. The molecule has 0 N–H and O–H groups in total. The molecule has 0 spiro atoms. The van der Waals surface area contributed by atoms with Crippen molar-refractivity contribution in [1.29, 1.82) is 0 Å². The molecule has 1 aliphatic heterocycles. The van der Waals surface area contributed by atoms with E-state index in [9.17, 15) is 4.79 Å². The number of carbonyl (C=O) groups excluding carboxylic acids is 1. The summed E-state index contributed by atoms with van der Waals surface area (Å²) >= 11 is 6.24. The largest absolute Gasteiger partial charge is 0.422 e. The third-order valence-corrected chi connectivity index (χ3v) is 4.14. The number of hydrogen-bond donors (Lipinski definition) is 0. The van der Waals surface area contributed by atoms with Gasteiger partial charge in [0.1, 0.15) is 5.76 Å². The monoisotopic (exact) mass is 306 g/mol. The van der Waals surface area contributed by atoms with Gasteiger partial charge in [-0.05, 0) is 29.2 Å². The summed E-state index contributed by atoms with van der Waals surface area (Å²) in [4.78, 5) is 11.9. The van der Waals surface area contributed by atoms with E-state index in [-0.39, 0.29) is 5.97 Å². The minimum absolute atomic E-state index is 0.305. The van der Waals surface area contributed by atoms with Crippen LogP contribution in [0.4, 0.5) is 0 Å². The van der Waals surface area contributed by atoms with E-state index in [4.69, 9.17) is 16.3 Å². The molecular weight excluding hydrogens is 296 g/mol. The van der Waals surface area contributed by atoms with Crippen LogP contribution in [0.5, 0.6) is 0 Å². The Balaban J connectivity index is 1.92. The molecule has 4 rings (SSSR count). The Morgan fingerprint density at radius 1 is 0.818 bits per heavy atom. The van der Waals surface area contributed by atoms with Crippen LogP contribution in [0.2, 0.25) is 5.02 Å². The van der Waals surface area contributed by atoms with E-state index in [2.05, 4.69) is 0 Å². The Labute approximate surface area is 132 Å². The fraction of sp³-hybridized carbons (Fsp3) is 0. The van der Waals surface area contributed by atoms with Crippen LogP contribution in [0.3, 0.4) is 0 Å². The maximum atomic E-state index is 11.9. The van der Waals surface area contributed by atoms with Crippen LogP contribution in [-0.2, 0) is 4.74 Å². The van der Waals surface area contributed by atoms with Crippen LogP contribution in [0.25, 0.3) is 22.6 Å². The molecule has 3 aromatic carbocycles. The minimum atomic E-state index is -0.305. The van der Waals surface area contributed by atoms with Crippen molar-refractivity contribution in [3.63, 3.8) is 0 Å². The molecule has 106 valence electrons. The molecule has 22 heavy (non-hydrogen) atoms. The molecule has 0 saturated carbocycles. The molecule has 0 aliphatic carbocycles. The quantitative estimate of drug-likeness (QED) is 0.580. The lowest BCUT2D eigenvalue weighted by Gasteiger charge is -2.05. The number of ether oxygens (including phenoxy) is 1. The molecule has 3 aromatic rings. The van der Waals surface area contributed by atoms with Gasteiger partial charge in [-0.25, -0.2) is 4.79 Å². The second-order valence-electron chi connectivity index (χ2n) is 5.13. The fourth-order valence-corrected chi connectivity index (χ4v) is 2.97. The van der Waals surface area contributed by atoms with Gasteiger partial charge in [-0.1, -0.05) is 60.1 Å². The van der Waals surface area contributed by atoms with Crippen LogP contribution in [-0.4, -0.2) is 5.97 Å². The average Bonchev–Trinajstić information content (AvgIpc) is 2.87. The molecule has 0 atom stereocenters. The van der Waals surface area contributed by atoms with Crippen molar-refractivity contribution in [2.24, 2.45) is 0 Å². The summed E-state index contributed by atoms with van der Waals surface area (Å²) in [6.07, 6.45) is 1.89. The zero-order chi connectivity index (χ0) is 15.1. The highest BCUT2D eigenvalue weighted by Gasteiger charge is 2.25. The molecule has 0 aromatic heterocycles. The predicted molar refractivity (Wildman–Crippen MR) is 88.7 cm³/mol. The van der Waals surface area contributed by atoms with E-state index in [1.54, 1.807) is 6.07 Å². The molecule has 0 bridgehead atoms. The standard InChI is InChI=1S/C19H11ClO2/c20-17-10-9-12(13-5-1-2-6-14(13)17)11-18-15-7-3-4-8-16(15)19(21)22-18/h1-11H. The highest BCUT2D eigenvalue weighted by atomic mass is 35.5. The lowest BCUT2D eigenvalue weighted by Crippen LogP contribution is -1.92. The maximum Gasteiger partial charge on any atom is 0.344 e. The number of rotatable bonds is 1. The van der Waals surface area contributed by atoms with E-state index < -0.39 is 0 Å². The number of hydrogen-bond acceptors (Lipinski definition) is 2. The van der Waals surface area contributed by atoms with Gasteiger partial charge in [0, 0.05) is 16.0 Å². The Morgan fingerprint density at radius 3 is 2.32 bits per heavy atom. The Hall–Kier alpha value is -2.58. The summed E-state index contributed by atoms with van der Waals surface area (Å²) in [6.45, 7) is 0. The molecule has 1 heterocycles. The van der Waals surface area contributed by atoms with E-state index in [1.807, 2.05) is 60.7 Å². The topological polar surface area (TPSA) is 26.3 Å². The van der Waals surface area contributed by atoms with Crippen molar-refractivity contribution in [2.75, 3.05) is 0 Å². The first-order valence-corrected chi connectivity index (χ1v) is 7.32. The number of benzene rings is 3. The van der Waals surface area contributed by atoms with Gasteiger partial charge in [0.15, 0.2) is 0 Å². The van der Waals surface area contributed by atoms with E-state index in [0.717, 1.165) is 21.9 Å². The maximum absolute atomic E-state index is 11.9. The van der Waals surface area contributed by atoms with Gasteiger partial charge < -0.3 is 4.74 Å². The highest BCUT2D eigenvalue weighted by molar-refractivity contribution is 6.35. The summed E-state index contributed by atoms with van der Waals surface area (Å²) in [6, 6.07) is 19.1. The molecule has 1 aliphatic rings. The fourth-order valence-electron chi connectivity index (χ4n) is 2.75. The number of cyclic esters (lactones) is 1. The first-order valence-electron chi connectivity index (χ1n) is 6.94. The third-order valence-electron chi connectivity index (χ3n) is 3.81. The predicted octanol–water partition coefficient (Wildman–Crippen LogP) is 5.16. The molecule has 0 fully saturated rings. The van der Waals surface area contributed by atoms with Gasteiger partial charge in [0.2, 0.25) is 0 Å². The van der Waals surface area contributed by atoms with Crippen molar-refractivity contribution in [2.45, 2.75) is 0 Å². The summed E-state index contributed by atoms with van der Waals surface area (Å²) in [5.74, 6) is 0.271. The Bertz CT molecular complexity index is 941. The van der Waals surface area contributed by atoms with Gasteiger partial charge in [-0.2, -0.15) is 0 Å². The van der Waals surface area contributed by atoms with E-state index >= 15 is 0 Å². The number of carbonyl (C=O) groups is 1. The normalized spacial score (nSPS) is 15.1. The highest BCUT2D eigenvalue weighted by Crippen LogP contribution is 2.34. The molecule has 0 radical (unpaired) electrons. The summed E-state index contributed by atoms with van der Waals surface area (Å²) in [7, 11) is 0. The van der Waals surface area contributed by atoms with Crippen LogP contribution in [0.15, 0.2) is 60.7 Å². The van der Waals surface area contributed by atoms with Gasteiger partial charge >= 0.3 is 5.97 Å². The summed E-state index contributed by atoms with van der Waals surface area (Å²) < 4.78 is 5.40. The second kappa shape index (κ2) is 5.00. The van der Waals surface area contributed by atoms with Crippen molar-refractivity contribution in [1.82, 2.24) is 0 Å². The third kappa shape index (κ3) is 2.00.